The molecule has 0 saturated carbocycles. The molecule has 7 heteroatoms. The molecule has 0 saturated heterocycles. The van der Waals surface area contributed by atoms with Crippen molar-refractivity contribution in [1.82, 2.24) is 0 Å². The summed E-state index contributed by atoms with van der Waals surface area (Å²) < 4.78 is 24.5. The fourth-order valence-electron chi connectivity index (χ4n) is 0.868. The summed E-state index contributed by atoms with van der Waals surface area (Å²) >= 11 is 8.59. The van der Waals surface area contributed by atoms with E-state index in [-0.39, 0.29) is 15.4 Å². The first-order valence-corrected chi connectivity index (χ1v) is 6.90. The molecule has 0 aliphatic rings. The highest BCUT2D eigenvalue weighted by Crippen LogP contribution is 2.24. The lowest BCUT2D eigenvalue weighted by Crippen LogP contribution is -2.13. The SMILES string of the molecule is N#Cc1ccc(Cl)c(NS(=O)(=O)CBr)c1. The van der Waals surface area contributed by atoms with Gasteiger partial charge < -0.3 is 0 Å². The molecular formula is C8H6BrClN2O2S. The van der Waals surface area contributed by atoms with Crippen LogP contribution in [0.25, 0.3) is 0 Å². The molecule has 0 spiro atoms. The molecule has 0 heterocycles. The zero-order valence-corrected chi connectivity index (χ0v) is 10.5. The Morgan fingerprint density at radius 3 is 2.73 bits per heavy atom. The Hall–Kier alpha value is -0.770. The summed E-state index contributed by atoms with van der Waals surface area (Å²) in [5.74, 6) is 0. The second-order valence-corrected chi connectivity index (χ2v) is 6.06. The molecule has 0 atom stereocenters. The van der Waals surface area contributed by atoms with Crippen molar-refractivity contribution in [2.45, 2.75) is 0 Å². The van der Waals surface area contributed by atoms with Gasteiger partial charge in [-0.2, -0.15) is 5.26 Å². The number of halogens is 2. The van der Waals surface area contributed by atoms with E-state index in [1.807, 2.05) is 6.07 Å². The number of nitriles is 1. The predicted molar refractivity (Wildman–Crippen MR) is 62.5 cm³/mol. The van der Waals surface area contributed by atoms with Crippen LogP contribution in [0, 0.1) is 11.3 Å². The average Bonchev–Trinajstić information content (AvgIpc) is 2.21. The van der Waals surface area contributed by atoms with E-state index in [0.29, 0.717) is 5.56 Å². The number of hydrogen-bond acceptors (Lipinski definition) is 3. The summed E-state index contributed by atoms with van der Waals surface area (Å²) in [4.78, 5) is 0. The molecule has 1 rings (SSSR count). The zero-order chi connectivity index (χ0) is 11.5. The second-order valence-electron chi connectivity index (χ2n) is 2.63. The first-order chi connectivity index (χ1) is 6.98. The van der Waals surface area contributed by atoms with Gasteiger partial charge in [-0.05, 0) is 18.2 Å². The van der Waals surface area contributed by atoms with Crippen LogP contribution in [0.4, 0.5) is 5.69 Å². The van der Waals surface area contributed by atoms with Crippen molar-refractivity contribution in [2.75, 3.05) is 9.38 Å². The van der Waals surface area contributed by atoms with Gasteiger partial charge in [0.15, 0.2) is 0 Å². The Kier molecular flexibility index (Phi) is 3.97. The number of benzene rings is 1. The van der Waals surface area contributed by atoms with Gasteiger partial charge in [-0.25, -0.2) is 8.42 Å². The maximum absolute atomic E-state index is 11.2. The van der Waals surface area contributed by atoms with Gasteiger partial charge in [0.2, 0.25) is 10.0 Å². The highest BCUT2D eigenvalue weighted by atomic mass is 79.9. The van der Waals surface area contributed by atoms with Crippen LogP contribution in [0.1, 0.15) is 5.56 Å². The minimum absolute atomic E-state index is 0.204. The molecule has 0 unspecified atom stereocenters. The van der Waals surface area contributed by atoms with Crippen LogP contribution in [-0.2, 0) is 10.0 Å². The first-order valence-electron chi connectivity index (χ1n) is 3.74. The van der Waals surface area contributed by atoms with Crippen LogP contribution >= 0.6 is 27.5 Å². The van der Waals surface area contributed by atoms with Gasteiger partial charge in [0, 0.05) is 0 Å². The summed E-state index contributed by atoms with van der Waals surface area (Å²) in [7, 11) is -3.45. The summed E-state index contributed by atoms with van der Waals surface area (Å²) in [5.41, 5.74) is 0.543. The normalized spacial score (nSPS) is 10.7. The molecule has 15 heavy (non-hydrogen) atoms. The lowest BCUT2D eigenvalue weighted by Gasteiger charge is -2.07. The second kappa shape index (κ2) is 4.84. The molecule has 1 N–H and O–H groups in total. The number of nitrogens with zero attached hydrogens (tertiary/aromatic N) is 1. The van der Waals surface area contributed by atoms with E-state index in [1.165, 1.54) is 18.2 Å². The van der Waals surface area contributed by atoms with Crippen molar-refractivity contribution < 1.29 is 8.42 Å². The number of anilines is 1. The minimum atomic E-state index is -3.45. The van der Waals surface area contributed by atoms with E-state index < -0.39 is 10.0 Å². The van der Waals surface area contributed by atoms with E-state index in [9.17, 15) is 8.42 Å². The molecule has 0 aromatic heterocycles. The summed E-state index contributed by atoms with van der Waals surface area (Å²) in [6.07, 6.45) is 0. The molecule has 1 aromatic carbocycles. The number of hydrogen-bond donors (Lipinski definition) is 1. The van der Waals surface area contributed by atoms with Crippen molar-refractivity contribution >= 4 is 43.2 Å². The smallest absolute Gasteiger partial charge is 0.242 e. The van der Waals surface area contributed by atoms with Crippen LogP contribution in [-0.4, -0.2) is 13.1 Å². The fraction of sp³-hybridized carbons (Fsp3) is 0.125. The van der Waals surface area contributed by atoms with Gasteiger partial charge in [-0.1, -0.05) is 27.5 Å². The monoisotopic (exact) mass is 308 g/mol. The van der Waals surface area contributed by atoms with Gasteiger partial charge in [-0.3, -0.25) is 4.72 Å². The van der Waals surface area contributed by atoms with E-state index in [0.717, 1.165) is 0 Å². The summed E-state index contributed by atoms with van der Waals surface area (Å²) in [5, 5.41) is 8.88. The van der Waals surface area contributed by atoms with Crippen LogP contribution in [0.5, 0.6) is 0 Å². The third-order valence-corrected chi connectivity index (χ3v) is 4.46. The molecule has 80 valence electrons. The lowest BCUT2D eigenvalue weighted by atomic mass is 10.2. The Labute approximate surface area is 101 Å². The van der Waals surface area contributed by atoms with E-state index >= 15 is 0 Å². The van der Waals surface area contributed by atoms with Crippen LogP contribution in [0.15, 0.2) is 18.2 Å². The number of alkyl halides is 1. The largest absolute Gasteiger partial charge is 0.281 e. The Morgan fingerprint density at radius 2 is 2.20 bits per heavy atom. The van der Waals surface area contributed by atoms with Gasteiger partial charge in [-0.15, -0.1) is 0 Å². The van der Waals surface area contributed by atoms with Crippen molar-refractivity contribution in [2.24, 2.45) is 0 Å². The molecule has 0 bridgehead atoms. The highest BCUT2D eigenvalue weighted by Gasteiger charge is 2.10. The Morgan fingerprint density at radius 1 is 1.53 bits per heavy atom. The van der Waals surface area contributed by atoms with Crippen LogP contribution < -0.4 is 4.72 Å². The van der Waals surface area contributed by atoms with Crippen LogP contribution in [0.3, 0.4) is 0 Å². The van der Waals surface area contributed by atoms with E-state index in [4.69, 9.17) is 16.9 Å². The Bertz CT molecular complexity index is 510. The highest BCUT2D eigenvalue weighted by molar-refractivity contribution is 9.10. The topological polar surface area (TPSA) is 70.0 Å². The van der Waals surface area contributed by atoms with Crippen molar-refractivity contribution in [3.63, 3.8) is 0 Å². The van der Waals surface area contributed by atoms with E-state index in [2.05, 4.69) is 20.7 Å². The lowest BCUT2D eigenvalue weighted by molar-refractivity contribution is 0.606. The molecule has 0 aliphatic heterocycles. The third-order valence-electron chi connectivity index (χ3n) is 1.50. The van der Waals surface area contributed by atoms with Crippen molar-refractivity contribution in [3.05, 3.63) is 28.8 Å². The quantitative estimate of drug-likeness (QED) is 0.871. The molecule has 1 aromatic rings. The zero-order valence-electron chi connectivity index (χ0n) is 7.37. The standard InChI is InChI=1S/C8H6BrClN2O2S/c9-5-15(13,14)12-8-3-6(4-11)1-2-7(8)10/h1-3,12H,5H2. The van der Waals surface area contributed by atoms with Crippen LogP contribution in [0.2, 0.25) is 5.02 Å². The van der Waals surface area contributed by atoms with Crippen molar-refractivity contribution in [1.29, 1.82) is 5.26 Å². The van der Waals surface area contributed by atoms with Gasteiger partial charge in [0.1, 0.15) is 4.66 Å². The third kappa shape index (κ3) is 3.38. The van der Waals surface area contributed by atoms with Gasteiger partial charge in [0.25, 0.3) is 0 Å². The average molecular weight is 310 g/mol. The van der Waals surface area contributed by atoms with E-state index in [1.54, 1.807) is 0 Å². The maximum atomic E-state index is 11.2. The molecule has 0 radical (unpaired) electrons. The molecule has 0 aliphatic carbocycles. The number of sulfonamides is 1. The fourth-order valence-corrected chi connectivity index (χ4v) is 1.99. The Balaban J connectivity index is 3.10. The molecule has 0 fully saturated rings. The van der Waals surface area contributed by atoms with Gasteiger partial charge in [0.05, 0.1) is 22.3 Å². The molecule has 0 amide bonds. The van der Waals surface area contributed by atoms with Crippen molar-refractivity contribution in [3.8, 4) is 6.07 Å². The first kappa shape index (κ1) is 12.3. The van der Waals surface area contributed by atoms with Gasteiger partial charge >= 0.3 is 0 Å². The molecule has 4 nitrogen and oxygen atoms in total. The number of nitrogens with one attached hydrogen (secondary N) is 1. The number of rotatable bonds is 3. The minimum Gasteiger partial charge on any atom is -0.281 e. The predicted octanol–water partition coefficient (Wildman–Crippen LogP) is 2.31. The summed E-state index contributed by atoms with van der Waals surface area (Å²) in [6.45, 7) is 0. The maximum Gasteiger partial charge on any atom is 0.242 e. The molecular weight excluding hydrogens is 304 g/mol. The summed E-state index contributed by atoms with van der Waals surface area (Å²) in [6, 6.07) is 6.24.